The summed E-state index contributed by atoms with van der Waals surface area (Å²) in [5, 5.41) is 11.1. The molecule has 0 unspecified atom stereocenters. The smallest absolute Gasteiger partial charge is 0.190 e. The zero-order valence-electron chi connectivity index (χ0n) is 18.2. The number of thiazole rings is 1. The van der Waals surface area contributed by atoms with E-state index < -0.39 is 0 Å². The number of fused-ring (bicyclic) bond motifs is 1. The first-order valence-corrected chi connectivity index (χ1v) is 12.5. The molecule has 0 N–H and O–H groups in total. The monoisotopic (exact) mass is 585 g/mol. The largest absolute Gasteiger partial charge is 0.313 e. The van der Waals surface area contributed by atoms with E-state index in [1.54, 1.807) is 11.3 Å². The number of rotatable bonds is 5. The van der Waals surface area contributed by atoms with Gasteiger partial charge in [-0.2, -0.15) is 0 Å². The maximum Gasteiger partial charge on any atom is 0.190 e. The van der Waals surface area contributed by atoms with E-state index in [-0.39, 0.29) is 17.0 Å². The molecule has 33 heavy (non-hydrogen) atoms. The van der Waals surface area contributed by atoms with E-state index >= 15 is 0 Å². The van der Waals surface area contributed by atoms with Crippen LogP contribution in [0, 0.1) is 0 Å². The Kier molecular flexibility index (Phi) is 7.78. The molecule has 2 aromatic carbocycles. The van der Waals surface area contributed by atoms with E-state index in [9.17, 15) is 0 Å². The highest BCUT2D eigenvalue weighted by molar-refractivity contribution is 9.10. The van der Waals surface area contributed by atoms with Gasteiger partial charge in [0.05, 0.1) is 11.4 Å². The van der Waals surface area contributed by atoms with Crippen molar-refractivity contribution in [2.45, 2.75) is 38.8 Å². The zero-order valence-corrected chi connectivity index (χ0v) is 22.3. The van der Waals surface area contributed by atoms with Crippen molar-refractivity contribution < 1.29 is 0 Å². The standard InChI is InChI=1S/C25H24BrN5S.BrH/c1-2-15-30-22(18-7-11-20(26)12-8-18)17-32-25(30)27-21-13-9-19(10-14-21)24-29-28-23-6-4-3-5-16-31(23)24;/h2,7-14,17H,1,3-6,15-16H2;1H. The lowest BCUT2D eigenvalue weighted by atomic mass is 10.2. The summed E-state index contributed by atoms with van der Waals surface area (Å²) in [4.78, 5) is 5.88. The summed E-state index contributed by atoms with van der Waals surface area (Å²) >= 11 is 5.16. The van der Waals surface area contributed by atoms with E-state index in [1.165, 1.54) is 19.3 Å². The Balaban J connectivity index is 0.00000259. The third kappa shape index (κ3) is 5.13. The molecule has 8 heteroatoms. The molecule has 3 heterocycles. The third-order valence-corrected chi connectivity index (χ3v) is 7.10. The van der Waals surface area contributed by atoms with Gasteiger partial charge >= 0.3 is 0 Å². The van der Waals surface area contributed by atoms with Gasteiger partial charge in [-0.25, -0.2) is 4.99 Å². The second-order valence-corrected chi connectivity index (χ2v) is 9.62. The van der Waals surface area contributed by atoms with Crippen molar-refractivity contribution in [1.29, 1.82) is 0 Å². The first-order valence-electron chi connectivity index (χ1n) is 10.9. The summed E-state index contributed by atoms with van der Waals surface area (Å²) in [6, 6.07) is 16.7. The molecule has 170 valence electrons. The van der Waals surface area contributed by atoms with Gasteiger partial charge in [-0.05, 0) is 54.8 Å². The van der Waals surface area contributed by atoms with Gasteiger partial charge < -0.3 is 9.13 Å². The number of hydrogen-bond acceptors (Lipinski definition) is 4. The summed E-state index contributed by atoms with van der Waals surface area (Å²) < 4.78 is 5.55. The van der Waals surface area contributed by atoms with Crippen LogP contribution in [-0.2, 0) is 19.5 Å². The SMILES string of the molecule is Br.C=CCn1c(-c2ccc(Br)cc2)csc1=Nc1ccc(-c2nnc3n2CCCCC3)cc1. The van der Waals surface area contributed by atoms with Crippen LogP contribution in [0.4, 0.5) is 5.69 Å². The Hall–Kier alpha value is -2.29. The van der Waals surface area contributed by atoms with Gasteiger partial charge in [-0.15, -0.1) is 45.1 Å². The predicted molar refractivity (Wildman–Crippen MR) is 144 cm³/mol. The van der Waals surface area contributed by atoms with Crippen molar-refractivity contribution in [3.05, 3.63) is 81.7 Å². The highest BCUT2D eigenvalue weighted by Crippen LogP contribution is 2.26. The minimum absolute atomic E-state index is 0. The Morgan fingerprint density at radius 2 is 1.76 bits per heavy atom. The van der Waals surface area contributed by atoms with E-state index in [0.717, 1.165) is 56.4 Å². The summed E-state index contributed by atoms with van der Waals surface area (Å²) in [7, 11) is 0. The van der Waals surface area contributed by atoms with E-state index in [2.05, 4.69) is 95.8 Å². The Labute approximate surface area is 216 Å². The van der Waals surface area contributed by atoms with Crippen LogP contribution in [0.5, 0.6) is 0 Å². The van der Waals surface area contributed by atoms with Crippen molar-refractivity contribution in [2.24, 2.45) is 4.99 Å². The van der Waals surface area contributed by atoms with Crippen LogP contribution < -0.4 is 4.80 Å². The fourth-order valence-corrected chi connectivity index (χ4v) is 5.27. The van der Waals surface area contributed by atoms with Gasteiger partial charge in [0.1, 0.15) is 5.82 Å². The molecule has 1 aliphatic heterocycles. The van der Waals surface area contributed by atoms with Crippen molar-refractivity contribution in [3.63, 3.8) is 0 Å². The predicted octanol–water partition coefficient (Wildman–Crippen LogP) is 6.96. The first-order chi connectivity index (χ1) is 15.7. The summed E-state index contributed by atoms with van der Waals surface area (Å²) in [5.41, 5.74) is 4.32. The number of allylic oxidation sites excluding steroid dienone is 1. The molecule has 0 saturated heterocycles. The quantitative estimate of drug-likeness (QED) is 0.237. The summed E-state index contributed by atoms with van der Waals surface area (Å²) in [6.45, 7) is 5.64. The number of halogens is 2. The molecular weight excluding hydrogens is 562 g/mol. The molecule has 0 spiro atoms. The average molecular weight is 587 g/mol. The number of nitrogens with zero attached hydrogens (tertiary/aromatic N) is 5. The van der Waals surface area contributed by atoms with Gasteiger partial charge in [0.25, 0.3) is 0 Å². The fraction of sp³-hybridized carbons (Fsp3) is 0.240. The molecule has 0 aliphatic carbocycles. The molecule has 0 saturated carbocycles. The van der Waals surface area contributed by atoms with E-state index in [0.29, 0.717) is 6.54 Å². The second kappa shape index (κ2) is 10.8. The van der Waals surface area contributed by atoms with Crippen LogP contribution >= 0.6 is 44.2 Å². The van der Waals surface area contributed by atoms with Crippen molar-refractivity contribution in [3.8, 4) is 22.6 Å². The summed E-state index contributed by atoms with van der Waals surface area (Å²) in [6.07, 6.45) is 6.57. The van der Waals surface area contributed by atoms with Gasteiger partial charge in [-0.1, -0.05) is 40.6 Å². The van der Waals surface area contributed by atoms with Crippen molar-refractivity contribution in [1.82, 2.24) is 19.3 Å². The van der Waals surface area contributed by atoms with E-state index in [1.807, 2.05) is 6.08 Å². The number of aryl methyl sites for hydroxylation is 1. The van der Waals surface area contributed by atoms with Crippen LogP contribution in [0.1, 0.15) is 25.1 Å². The lowest BCUT2D eigenvalue weighted by Crippen LogP contribution is -2.14. The zero-order chi connectivity index (χ0) is 21.9. The van der Waals surface area contributed by atoms with Gasteiger partial charge in [-0.3, -0.25) is 0 Å². The normalized spacial score (nSPS) is 13.8. The molecule has 0 amide bonds. The van der Waals surface area contributed by atoms with Crippen LogP contribution in [0.3, 0.4) is 0 Å². The van der Waals surface area contributed by atoms with Gasteiger partial charge in [0, 0.05) is 34.9 Å². The first kappa shape index (κ1) is 23.9. The summed E-state index contributed by atoms with van der Waals surface area (Å²) in [5.74, 6) is 2.07. The molecule has 4 aromatic rings. The minimum Gasteiger partial charge on any atom is -0.313 e. The Morgan fingerprint density at radius 3 is 2.52 bits per heavy atom. The molecule has 1 aliphatic rings. The Morgan fingerprint density at radius 1 is 1.00 bits per heavy atom. The van der Waals surface area contributed by atoms with Gasteiger partial charge in [0.15, 0.2) is 10.6 Å². The molecular formula is C25H25Br2N5S. The van der Waals surface area contributed by atoms with Crippen LogP contribution in [-0.4, -0.2) is 19.3 Å². The fourth-order valence-electron chi connectivity index (χ4n) is 4.07. The third-order valence-electron chi connectivity index (χ3n) is 5.71. The van der Waals surface area contributed by atoms with Crippen LogP contribution in [0.25, 0.3) is 22.6 Å². The molecule has 0 radical (unpaired) electrons. The highest BCUT2D eigenvalue weighted by Gasteiger charge is 2.16. The van der Waals surface area contributed by atoms with Gasteiger partial charge in [0.2, 0.25) is 0 Å². The highest BCUT2D eigenvalue weighted by atomic mass is 79.9. The number of hydrogen-bond donors (Lipinski definition) is 0. The van der Waals surface area contributed by atoms with Crippen molar-refractivity contribution in [2.75, 3.05) is 0 Å². The average Bonchev–Trinajstić information content (AvgIpc) is 3.31. The topological polar surface area (TPSA) is 48.0 Å². The van der Waals surface area contributed by atoms with Crippen molar-refractivity contribution >= 4 is 49.9 Å². The Bertz CT molecular complexity index is 1300. The minimum atomic E-state index is 0. The lowest BCUT2D eigenvalue weighted by Gasteiger charge is -2.08. The van der Waals surface area contributed by atoms with E-state index in [4.69, 9.17) is 4.99 Å². The lowest BCUT2D eigenvalue weighted by molar-refractivity contribution is 0.636. The molecule has 0 bridgehead atoms. The molecule has 5 nitrogen and oxygen atoms in total. The molecule has 0 fully saturated rings. The maximum atomic E-state index is 4.93. The molecule has 0 atom stereocenters. The second-order valence-electron chi connectivity index (χ2n) is 7.87. The molecule has 5 rings (SSSR count). The number of benzene rings is 2. The molecule has 2 aromatic heterocycles. The number of aromatic nitrogens is 4. The van der Waals surface area contributed by atoms with Crippen LogP contribution in [0.15, 0.2) is 76.0 Å². The maximum absolute atomic E-state index is 4.93. The van der Waals surface area contributed by atoms with Crippen LogP contribution in [0.2, 0.25) is 0 Å².